The van der Waals surface area contributed by atoms with E-state index in [9.17, 15) is 0 Å². The van der Waals surface area contributed by atoms with Crippen LogP contribution in [0.3, 0.4) is 0 Å². The van der Waals surface area contributed by atoms with E-state index < -0.39 is 0 Å². The van der Waals surface area contributed by atoms with Crippen LogP contribution in [-0.2, 0) is 19.6 Å². The van der Waals surface area contributed by atoms with Gasteiger partial charge in [0.05, 0.1) is 12.3 Å². The van der Waals surface area contributed by atoms with Crippen LogP contribution in [0.1, 0.15) is 22.4 Å². The van der Waals surface area contributed by atoms with Gasteiger partial charge in [0.2, 0.25) is 5.88 Å². The number of hydrogen-bond acceptors (Lipinski definition) is 4. The van der Waals surface area contributed by atoms with Crippen molar-refractivity contribution < 1.29 is 14.2 Å². The number of aromatic nitrogens is 1. The Labute approximate surface area is 170 Å². The Hall–Kier alpha value is -2.76. The lowest BCUT2D eigenvalue weighted by Crippen LogP contribution is -2.33. The van der Waals surface area contributed by atoms with Crippen LogP contribution in [0.5, 0.6) is 5.88 Å². The van der Waals surface area contributed by atoms with Gasteiger partial charge in [-0.3, -0.25) is 4.90 Å². The van der Waals surface area contributed by atoms with Gasteiger partial charge in [0.25, 0.3) is 0 Å². The molecule has 29 heavy (non-hydrogen) atoms. The lowest BCUT2D eigenvalue weighted by atomic mass is 9.98. The molecule has 2 aromatic carbocycles. The molecule has 1 aliphatic heterocycles. The highest BCUT2D eigenvalue weighted by molar-refractivity contribution is 5.68. The van der Waals surface area contributed by atoms with Crippen LogP contribution in [0.15, 0.2) is 54.6 Å². The largest absolute Gasteiger partial charge is 0.473 e. The minimum atomic E-state index is -0.251. The van der Waals surface area contributed by atoms with Crippen LogP contribution < -0.4 is 4.74 Å². The van der Waals surface area contributed by atoms with E-state index in [2.05, 4.69) is 9.88 Å². The Balaban J connectivity index is 1.49. The first-order valence-electron chi connectivity index (χ1n) is 9.94. The van der Waals surface area contributed by atoms with Crippen LogP contribution in [0.25, 0.3) is 11.1 Å². The van der Waals surface area contributed by atoms with Gasteiger partial charge in [-0.1, -0.05) is 48.5 Å². The first-order valence-corrected chi connectivity index (χ1v) is 9.94. The fourth-order valence-electron chi connectivity index (χ4n) is 3.79. The van der Waals surface area contributed by atoms with Crippen LogP contribution in [0.2, 0.25) is 0 Å². The van der Waals surface area contributed by atoms with Gasteiger partial charge < -0.3 is 9.84 Å². The number of aliphatic hydroxyl groups is 1. The van der Waals surface area contributed by atoms with Gasteiger partial charge >= 0.3 is 0 Å². The van der Waals surface area contributed by atoms with E-state index in [4.69, 9.17) is 9.84 Å². The van der Waals surface area contributed by atoms with Crippen LogP contribution >= 0.6 is 0 Å². The number of ether oxygens (including phenoxy) is 1. The average molecular weight is 392 g/mol. The summed E-state index contributed by atoms with van der Waals surface area (Å²) in [6.07, 6.45) is 0.823. The van der Waals surface area contributed by atoms with E-state index in [1.807, 2.05) is 49.4 Å². The highest BCUT2D eigenvalue weighted by Gasteiger charge is 2.18. The maximum Gasteiger partial charge on any atom is 0.213 e. The Morgan fingerprint density at radius 3 is 2.72 bits per heavy atom. The molecule has 0 spiro atoms. The topological polar surface area (TPSA) is 45.6 Å². The molecule has 0 unspecified atom stereocenters. The van der Waals surface area contributed by atoms with E-state index >= 15 is 4.39 Å². The normalized spacial score (nSPS) is 13.9. The lowest BCUT2D eigenvalue weighted by Gasteiger charge is -2.27. The molecule has 2 heterocycles. The molecule has 3 aromatic rings. The third kappa shape index (κ3) is 4.31. The Morgan fingerprint density at radius 1 is 1.07 bits per heavy atom. The molecule has 1 aromatic heterocycles. The van der Waals surface area contributed by atoms with Crippen molar-refractivity contribution in [2.24, 2.45) is 0 Å². The molecule has 0 bridgehead atoms. The quantitative estimate of drug-likeness (QED) is 0.685. The smallest absolute Gasteiger partial charge is 0.213 e. The van der Waals surface area contributed by atoms with Gasteiger partial charge in [-0.15, -0.1) is 0 Å². The summed E-state index contributed by atoms with van der Waals surface area (Å²) in [5.74, 6) is 0.263. The lowest BCUT2D eigenvalue weighted by molar-refractivity contribution is 0.183. The summed E-state index contributed by atoms with van der Waals surface area (Å²) in [6, 6.07) is 17.1. The van der Waals surface area contributed by atoms with Gasteiger partial charge in [0.15, 0.2) is 0 Å². The number of halogens is 1. The Kier molecular flexibility index (Phi) is 5.88. The molecule has 0 aliphatic carbocycles. The molecule has 0 saturated carbocycles. The maximum absolute atomic E-state index is 15.1. The zero-order valence-corrected chi connectivity index (χ0v) is 16.6. The number of β-amino-alcohol motifs (C(OH)–C–C–N with tert-alkyl or cyclic N) is 1. The first kappa shape index (κ1) is 19.6. The number of aryl methyl sites for hydroxylation is 1. The maximum atomic E-state index is 15.1. The van der Waals surface area contributed by atoms with Gasteiger partial charge in [-0.2, -0.15) is 0 Å². The monoisotopic (exact) mass is 392 g/mol. The van der Waals surface area contributed by atoms with Crippen molar-refractivity contribution in [2.75, 3.05) is 19.7 Å². The molecular weight excluding hydrogens is 367 g/mol. The van der Waals surface area contributed by atoms with E-state index in [0.717, 1.165) is 41.9 Å². The molecule has 0 radical (unpaired) electrons. The van der Waals surface area contributed by atoms with Gasteiger partial charge in [0, 0.05) is 43.2 Å². The third-order valence-electron chi connectivity index (χ3n) is 5.41. The van der Waals surface area contributed by atoms with Gasteiger partial charge in [-0.25, -0.2) is 9.37 Å². The molecule has 4 rings (SSSR count). The summed E-state index contributed by atoms with van der Waals surface area (Å²) >= 11 is 0. The molecule has 0 saturated heterocycles. The molecule has 1 N–H and O–H groups in total. The molecule has 0 amide bonds. The van der Waals surface area contributed by atoms with Crippen molar-refractivity contribution in [3.63, 3.8) is 0 Å². The fraction of sp³-hybridized carbons (Fsp3) is 0.292. The summed E-state index contributed by atoms with van der Waals surface area (Å²) < 4.78 is 20.9. The zero-order valence-electron chi connectivity index (χ0n) is 16.6. The fourth-order valence-corrected chi connectivity index (χ4v) is 3.79. The second-order valence-corrected chi connectivity index (χ2v) is 7.39. The number of rotatable bonds is 6. The Morgan fingerprint density at radius 2 is 1.90 bits per heavy atom. The minimum Gasteiger partial charge on any atom is -0.473 e. The van der Waals surface area contributed by atoms with Crippen molar-refractivity contribution in [3.05, 3.63) is 82.8 Å². The highest BCUT2D eigenvalue weighted by atomic mass is 19.1. The van der Waals surface area contributed by atoms with Gasteiger partial charge in [0.1, 0.15) is 12.4 Å². The number of nitrogens with zero attached hydrogens (tertiary/aromatic N) is 2. The molecule has 0 atom stereocenters. The van der Waals surface area contributed by atoms with Crippen LogP contribution in [-0.4, -0.2) is 34.7 Å². The van der Waals surface area contributed by atoms with E-state index in [1.165, 1.54) is 0 Å². The second-order valence-electron chi connectivity index (χ2n) is 7.39. The van der Waals surface area contributed by atoms with E-state index in [-0.39, 0.29) is 19.0 Å². The minimum absolute atomic E-state index is 0.133. The molecule has 5 heteroatoms. The van der Waals surface area contributed by atoms with Crippen molar-refractivity contribution in [2.45, 2.75) is 26.5 Å². The molecule has 0 fully saturated rings. The van der Waals surface area contributed by atoms with Crippen molar-refractivity contribution >= 4 is 0 Å². The number of aliphatic hydroxyl groups excluding tert-OH is 1. The standard InChI is InChI=1S/C24H25FN2O2/c1-17-5-2-3-7-20(17)21-8-4-6-19(24(21)25)16-29-23-10-9-18-15-27(13-14-28)12-11-22(18)26-23/h2-10,28H,11-16H2,1H3. The SMILES string of the molecule is Cc1ccccc1-c1cccc(COc2ccc3c(n2)CCN(CCO)C3)c1F. The number of pyridine rings is 1. The first-order chi connectivity index (χ1) is 14.2. The highest BCUT2D eigenvalue weighted by Crippen LogP contribution is 2.28. The number of hydrogen-bond donors (Lipinski definition) is 1. The third-order valence-corrected chi connectivity index (χ3v) is 5.41. The summed E-state index contributed by atoms with van der Waals surface area (Å²) in [4.78, 5) is 6.82. The van der Waals surface area contributed by atoms with Gasteiger partial charge in [-0.05, 0) is 23.6 Å². The average Bonchev–Trinajstić information content (AvgIpc) is 2.74. The summed E-state index contributed by atoms with van der Waals surface area (Å²) in [5, 5.41) is 9.11. The van der Waals surface area contributed by atoms with Crippen LogP contribution in [0, 0.1) is 12.7 Å². The Bertz CT molecular complexity index is 1010. The van der Waals surface area contributed by atoms with Crippen molar-refractivity contribution in [3.8, 4) is 17.0 Å². The summed E-state index contributed by atoms with van der Waals surface area (Å²) in [6.45, 7) is 4.61. The number of fused-ring (bicyclic) bond motifs is 1. The van der Waals surface area contributed by atoms with Crippen molar-refractivity contribution in [1.29, 1.82) is 0 Å². The van der Waals surface area contributed by atoms with Crippen molar-refractivity contribution in [1.82, 2.24) is 9.88 Å². The predicted molar refractivity (Wildman–Crippen MR) is 111 cm³/mol. The molecule has 1 aliphatic rings. The second kappa shape index (κ2) is 8.72. The zero-order chi connectivity index (χ0) is 20.2. The molecule has 4 nitrogen and oxygen atoms in total. The predicted octanol–water partition coefficient (Wildman–Crippen LogP) is 4.13. The van der Waals surface area contributed by atoms with E-state index in [0.29, 0.717) is 23.6 Å². The number of benzene rings is 2. The van der Waals surface area contributed by atoms with Crippen LogP contribution in [0.4, 0.5) is 4.39 Å². The molecule has 150 valence electrons. The summed E-state index contributed by atoms with van der Waals surface area (Å²) in [7, 11) is 0. The van der Waals surface area contributed by atoms with E-state index in [1.54, 1.807) is 12.1 Å². The molecular formula is C24H25FN2O2. The summed E-state index contributed by atoms with van der Waals surface area (Å²) in [5.41, 5.74) is 5.21.